The summed E-state index contributed by atoms with van der Waals surface area (Å²) in [6.45, 7) is 2.11. The summed E-state index contributed by atoms with van der Waals surface area (Å²) in [7, 11) is 0. The molecule has 0 radical (unpaired) electrons. The lowest BCUT2D eigenvalue weighted by Gasteiger charge is -2.08. The molecule has 126 valence electrons. The highest BCUT2D eigenvalue weighted by atomic mass is 16.4. The second-order valence-corrected chi connectivity index (χ2v) is 5.85. The highest BCUT2D eigenvalue weighted by Crippen LogP contribution is 2.17. The van der Waals surface area contributed by atoms with E-state index in [0.717, 1.165) is 25.9 Å². The quantitative estimate of drug-likeness (QED) is 0.775. The lowest BCUT2D eigenvalue weighted by Crippen LogP contribution is -2.13. The number of nitrogens with zero attached hydrogens (tertiary/aromatic N) is 2. The van der Waals surface area contributed by atoms with E-state index in [9.17, 15) is 9.59 Å². The molecule has 1 amide bonds. The predicted molar refractivity (Wildman–Crippen MR) is 88.9 cm³/mol. The van der Waals surface area contributed by atoms with Gasteiger partial charge in [0.2, 0.25) is 0 Å². The summed E-state index contributed by atoms with van der Waals surface area (Å²) in [5, 5.41) is 18.9. The molecule has 0 saturated heterocycles. The van der Waals surface area contributed by atoms with Crippen LogP contribution >= 0.6 is 0 Å². The Hall–Kier alpha value is -2.67. The second kappa shape index (κ2) is 7.27. The first-order valence-electron chi connectivity index (χ1n) is 8.00. The maximum Gasteiger partial charge on any atom is 0.305 e. The summed E-state index contributed by atoms with van der Waals surface area (Å²) in [4.78, 5) is 23.0. The Morgan fingerprint density at radius 3 is 3.04 bits per heavy atom. The van der Waals surface area contributed by atoms with Gasteiger partial charge in [-0.2, -0.15) is 5.10 Å². The van der Waals surface area contributed by atoms with Crippen molar-refractivity contribution < 1.29 is 14.7 Å². The number of hydrogen-bond acceptors (Lipinski definition) is 4. The molecule has 7 heteroatoms. The number of aliphatic carboxylic acids is 1. The molecule has 7 nitrogen and oxygen atoms in total. The zero-order valence-corrected chi connectivity index (χ0v) is 13.3. The van der Waals surface area contributed by atoms with Crippen LogP contribution in [0.25, 0.3) is 0 Å². The molecule has 1 aromatic carbocycles. The molecule has 0 fully saturated rings. The van der Waals surface area contributed by atoms with Gasteiger partial charge in [-0.25, -0.2) is 0 Å². The van der Waals surface area contributed by atoms with Gasteiger partial charge in [0.05, 0.1) is 24.8 Å². The van der Waals surface area contributed by atoms with Crippen LogP contribution in [0.15, 0.2) is 30.6 Å². The third-order valence-electron chi connectivity index (χ3n) is 4.03. The van der Waals surface area contributed by atoms with Crippen molar-refractivity contribution in [2.24, 2.45) is 0 Å². The molecule has 1 aliphatic rings. The van der Waals surface area contributed by atoms with Crippen LogP contribution in [0.5, 0.6) is 0 Å². The van der Waals surface area contributed by atoms with Crippen molar-refractivity contribution in [3.8, 4) is 0 Å². The van der Waals surface area contributed by atoms with Gasteiger partial charge in [0.15, 0.2) is 0 Å². The molecular formula is C17H20N4O3. The molecule has 24 heavy (non-hydrogen) atoms. The molecule has 0 unspecified atom stereocenters. The normalized spacial score (nSPS) is 13.8. The van der Waals surface area contributed by atoms with Crippen LogP contribution in [0.3, 0.4) is 0 Å². The summed E-state index contributed by atoms with van der Waals surface area (Å²) < 4.78 is 1.51. The molecule has 0 spiro atoms. The maximum absolute atomic E-state index is 12.4. The second-order valence-electron chi connectivity index (χ2n) is 5.85. The van der Waals surface area contributed by atoms with Crippen LogP contribution in [0.2, 0.25) is 0 Å². The van der Waals surface area contributed by atoms with E-state index in [2.05, 4.69) is 15.7 Å². The van der Waals surface area contributed by atoms with Gasteiger partial charge in [-0.3, -0.25) is 14.3 Å². The van der Waals surface area contributed by atoms with Crippen molar-refractivity contribution in [3.63, 3.8) is 0 Å². The highest BCUT2D eigenvalue weighted by Gasteiger charge is 2.13. The van der Waals surface area contributed by atoms with E-state index in [-0.39, 0.29) is 18.9 Å². The fraction of sp³-hybridized carbons (Fsp3) is 0.353. The number of carboxylic acids is 1. The smallest absolute Gasteiger partial charge is 0.305 e. The molecule has 3 N–H and O–H groups in total. The molecule has 3 rings (SSSR count). The zero-order chi connectivity index (χ0) is 16.9. The van der Waals surface area contributed by atoms with Gasteiger partial charge < -0.3 is 15.7 Å². The Kier molecular flexibility index (Phi) is 4.90. The lowest BCUT2D eigenvalue weighted by atomic mass is 10.0. The fourth-order valence-electron chi connectivity index (χ4n) is 2.76. The molecular weight excluding hydrogens is 308 g/mol. The van der Waals surface area contributed by atoms with Gasteiger partial charge in [-0.1, -0.05) is 6.07 Å². The average molecular weight is 328 g/mol. The van der Waals surface area contributed by atoms with Crippen molar-refractivity contribution in [3.05, 3.63) is 47.3 Å². The predicted octanol–water partition coefficient (Wildman–Crippen LogP) is 1.65. The number of fused-ring (bicyclic) bond motifs is 1. The average Bonchev–Trinajstić information content (AvgIpc) is 2.87. The van der Waals surface area contributed by atoms with Crippen molar-refractivity contribution in [2.75, 3.05) is 11.9 Å². The number of hydrogen-bond donors (Lipinski definition) is 3. The minimum Gasteiger partial charge on any atom is -0.481 e. The first-order chi connectivity index (χ1) is 11.6. The lowest BCUT2D eigenvalue weighted by molar-refractivity contribution is -0.137. The van der Waals surface area contributed by atoms with Gasteiger partial charge >= 0.3 is 5.97 Å². The number of nitrogens with one attached hydrogen (secondary N) is 2. The Morgan fingerprint density at radius 1 is 1.33 bits per heavy atom. The number of carbonyl (C=O) groups is 2. The van der Waals surface area contributed by atoms with E-state index in [4.69, 9.17) is 5.11 Å². The van der Waals surface area contributed by atoms with E-state index in [0.29, 0.717) is 11.3 Å². The maximum atomic E-state index is 12.4. The standard InChI is InChI=1S/C17H20N4O3/c22-16(23)5-7-21-11-15(10-19-21)20-17(24)13-3-4-14-9-18-6-1-2-12(14)8-13/h3-4,8,10-11,18H,1-2,5-7,9H2,(H,20,24)(H,22,23). The number of carbonyl (C=O) groups excluding carboxylic acids is 1. The van der Waals surface area contributed by atoms with Crippen LogP contribution < -0.4 is 10.6 Å². The molecule has 2 aromatic rings. The molecule has 0 atom stereocenters. The molecule has 0 aliphatic carbocycles. The van der Waals surface area contributed by atoms with Crippen LogP contribution in [0.1, 0.15) is 34.3 Å². The summed E-state index contributed by atoms with van der Waals surface area (Å²) in [6, 6.07) is 5.78. The van der Waals surface area contributed by atoms with Crippen molar-refractivity contribution in [1.82, 2.24) is 15.1 Å². The number of aromatic nitrogens is 2. The van der Waals surface area contributed by atoms with Crippen molar-refractivity contribution in [1.29, 1.82) is 0 Å². The summed E-state index contributed by atoms with van der Waals surface area (Å²) >= 11 is 0. The van der Waals surface area contributed by atoms with Crippen molar-refractivity contribution in [2.45, 2.75) is 32.4 Å². The van der Waals surface area contributed by atoms with E-state index >= 15 is 0 Å². The molecule has 1 aliphatic heterocycles. The summed E-state index contributed by atoms with van der Waals surface area (Å²) in [6.07, 6.45) is 5.18. The topological polar surface area (TPSA) is 96.2 Å². The number of aryl methyl sites for hydroxylation is 2. The molecule has 2 heterocycles. The number of amides is 1. The number of rotatable bonds is 5. The minimum absolute atomic E-state index is 0.00603. The van der Waals surface area contributed by atoms with E-state index in [1.165, 1.54) is 22.0 Å². The molecule has 0 bridgehead atoms. The van der Waals surface area contributed by atoms with Crippen LogP contribution in [-0.4, -0.2) is 33.3 Å². The number of anilines is 1. The molecule has 0 saturated carbocycles. The largest absolute Gasteiger partial charge is 0.481 e. The van der Waals surface area contributed by atoms with Crippen LogP contribution in [-0.2, 0) is 24.3 Å². The Bertz CT molecular complexity index is 754. The minimum atomic E-state index is -0.879. The highest BCUT2D eigenvalue weighted by molar-refractivity contribution is 6.04. The van der Waals surface area contributed by atoms with Gasteiger partial charge in [0, 0.05) is 18.3 Å². The van der Waals surface area contributed by atoms with E-state index in [1.807, 2.05) is 18.2 Å². The van der Waals surface area contributed by atoms with Gasteiger partial charge in [-0.15, -0.1) is 0 Å². The summed E-state index contributed by atoms with van der Waals surface area (Å²) in [5.74, 6) is -1.07. The van der Waals surface area contributed by atoms with Gasteiger partial charge in [0.1, 0.15) is 0 Å². The number of benzene rings is 1. The zero-order valence-electron chi connectivity index (χ0n) is 13.3. The SMILES string of the molecule is O=C(O)CCn1cc(NC(=O)c2ccc3c(c2)CCCNC3)cn1. The monoisotopic (exact) mass is 328 g/mol. The van der Waals surface area contributed by atoms with Gasteiger partial charge in [0.25, 0.3) is 5.91 Å². The van der Waals surface area contributed by atoms with Crippen LogP contribution in [0.4, 0.5) is 5.69 Å². The van der Waals surface area contributed by atoms with Crippen molar-refractivity contribution >= 4 is 17.6 Å². The first kappa shape index (κ1) is 16.2. The Balaban J connectivity index is 1.66. The Morgan fingerprint density at radius 2 is 2.21 bits per heavy atom. The molecule has 1 aromatic heterocycles. The van der Waals surface area contributed by atoms with Gasteiger partial charge in [-0.05, 0) is 42.6 Å². The van der Waals surface area contributed by atoms with Crippen LogP contribution in [0, 0.1) is 0 Å². The van der Waals surface area contributed by atoms with E-state index < -0.39 is 5.97 Å². The summed E-state index contributed by atoms with van der Waals surface area (Å²) in [5.41, 5.74) is 3.63. The third-order valence-corrected chi connectivity index (χ3v) is 4.03. The van der Waals surface area contributed by atoms with E-state index in [1.54, 1.807) is 6.20 Å². The first-order valence-corrected chi connectivity index (χ1v) is 8.00. The fourth-order valence-corrected chi connectivity index (χ4v) is 2.76. The Labute approximate surface area is 139 Å². The number of carboxylic acid groups (broad SMARTS) is 1. The third kappa shape index (κ3) is 3.99.